The molecule has 0 saturated carbocycles. The summed E-state index contributed by atoms with van der Waals surface area (Å²) in [5.41, 5.74) is 12.0. The van der Waals surface area contributed by atoms with Crippen LogP contribution in [-0.4, -0.2) is 159 Å². The first-order chi connectivity index (χ1) is 55.9. The number of carbonyl (C=O) groups excluding carboxylic acids is 3. The number of aliphatic hydroxyl groups is 2. The van der Waals surface area contributed by atoms with Crippen LogP contribution in [-0.2, 0) is 19.3 Å². The second-order valence-electron chi connectivity index (χ2n) is 29.0. The van der Waals surface area contributed by atoms with Crippen molar-refractivity contribution in [3.63, 3.8) is 0 Å². The minimum Gasteiger partial charge on any atom is -0.494 e. The topological polar surface area (TPSA) is 234 Å². The Morgan fingerprint density at radius 2 is 0.687 bits per heavy atom. The second kappa shape index (κ2) is 36.8. The van der Waals surface area contributed by atoms with Crippen molar-refractivity contribution in [3.05, 3.63) is 281 Å². The van der Waals surface area contributed by atoms with E-state index in [0.29, 0.717) is 105 Å². The van der Waals surface area contributed by atoms with E-state index in [1.54, 1.807) is 99.6 Å². The maximum absolute atomic E-state index is 13.5. The number of rotatable bonds is 18. The molecule has 5 N–H and O–H groups in total. The van der Waals surface area contributed by atoms with Crippen molar-refractivity contribution in [2.75, 3.05) is 78.7 Å². The van der Waals surface area contributed by atoms with E-state index in [4.69, 9.17) is 103 Å². The monoisotopic (exact) mass is 1660 g/mol. The van der Waals surface area contributed by atoms with Crippen LogP contribution >= 0.6 is 69.6 Å². The van der Waals surface area contributed by atoms with Gasteiger partial charge in [-0.15, -0.1) is 0 Å². The molecule has 3 unspecified atom stereocenters. The van der Waals surface area contributed by atoms with Crippen LogP contribution in [0, 0.1) is 11.3 Å². The lowest BCUT2D eigenvalue weighted by Gasteiger charge is -2.35. The third kappa shape index (κ3) is 19.2. The molecule has 0 radical (unpaired) electrons. The van der Waals surface area contributed by atoms with E-state index in [-0.39, 0.29) is 30.9 Å². The van der Waals surface area contributed by atoms with Crippen LogP contribution in [0.4, 0.5) is 14.4 Å². The third-order valence-corrected chi connectivity index (χ3v) is 23.0. The number of nitrogens with one attached hydrogen (secondary N) is 3. The largest absolute Gasteiger partial charge is 0.494 e. The number of aromatic amines is 3. The lowest BCUT2D eigenvalue weighted by atomic mass is 9.92. The minimum atomic E-state index is -0.459. The van der Waals surface area contributed by atoms with Crippen LogP contribution in [0.1, 0.15) is 101 Å². The predicted molar refractivity (Wildman–Crippen MR) is 449 cm³/mol. The summed E-state index contributed by atoms with van der Waals surface area (Å²) in [7, 11) is 0. The van der Waals surface area contributed by atoms with Gasteiger partial charge in [-0.1, -0.05) is 106 Å². The second-order valence-corrected chi connectivity index (χ2v) is 31.6. The van der Waals surface area contributed by atoms with E-state index in [1.165, 1.54) is 0 Å². The molecule has 5 aliphatic rings. The van der Waals surface area contributed by atoms with Gasteiger partial charge in [-0.2, -0.15) is 5.26 Å². The maximum Gasteiger partial charge on any atom is 0.416 e. The summed E-state index contributed by atoms with van der Waals surface area (Å²) in [6.07, 6.45) is 4.70. The summed E-state index contributed by atoms with van der Waals surface area (Å²) in [6, 6.07) is 61.7. The zero-order valence-electron chi connectivity index (χ0n) is 62.6. The van der Waals surface area contributed by atoms with E-state index < -0.39 is 24.3 Å². The van der Waals surface area contributed by atoms with Crippen molar-refractivity contribution >= 4 is 121 Å². The molecule has 8 heterocycles. The highest BCUT2D eigenvalue weighted by atomic mass is 35.5. The van der Waals surface area contributed by atoms with Gasteiger partial charge in [0.2, 0.25) is 0 Å². The van der Waals surface area contributed by atoms with Gasteiger partial charge in [0.25, 0.3) is 0 Å². The summed E-state index contributed by atoms with van der Waals surface area (Å²) >= 11 is 36.9. The van der Waals surface area contributed by atoms with Gasteiger partial charge < -0.3 is 63.4 Å². The van der Waals surface area contributed by atoms with Crippen molar-refractivity contribution in [3.8, 4) is 40.6 Å². The van der Waals surface area contributed by atoms with Gasteiger partial charge in [0, 0.05) is 139 Å². The van der Waals surface area contributed by atoms with Gasteiger partial charge in [-0.25, -0.2) is 14.4 Å². The number of piperidine rings is 1. The standard InChI is InChI=1S/C32H33Cl2N3O4.C31H31Cl2N3O4.C26H19Cl2N3O3/c33-22-4-9-26(10-5-22)41-32(39)37-18-14-27-28-20-23(34)6-11-29(28)35-30(27)31(37)21-2-7-25(8-3-21)40-19-1-15-36-16-12-24(38)13-17-36;32-21-4-9-25(10-5-21)40-31(38)36-16-13-26-27-18-22(33)6-11-28(27)34-29(26)30(36)20-2-7-24(8-3-20)39-17-1-14-35-15-12-23(37)19-35;27-17-3-8-20(9-4-17)34-26(32)31-13-11-21-22-15-18(28)5-10-23(22)30-24(21)25(31)16-1-6-19(7-2-16)33-14-12-29/h2-11,20,24,31,35,38H,1,12-19H2;2-11,18,23,30,34,37H,1,12-17,19H2;1-10,15,25,30H,11,13-14H2/t;23-,30?;/m.1./s1. The predicted octanol–water partition coefficient (Wildman–Crippen LogP) is 19.8. The molecule has 26 heteroatoms. The first-order valence-corrected chi connectivity index (χ1v) is 40.7. The first-order valence-electron chi connectivity index (χ1n) is 38.4. The van der Waals surface area contributed by atoms with Crippen LogP contribution in [0.3, 0.4) is 0 Å². The summed E-state index contributed by atoms with van der Waals surface area (Å²) in [4.78, 5) is 60.8. The Balaban J connectivity index is 0.000000136. The number of carbonyl (C=O) groups is 3. The number of aromatic nitrogens is 3. The van der Waals surface area contributed by atoms with Crippen LogP contribution < -0.4 is 28.4 Å². The Labute approximate surface area is 695 Å². The van der Waals surface area contributed by atoms with Crippen molar-refractivity contribution in [1.29, 1.82) is 5.26 Å². The van der Waals surface area contributed by atoms with Gasteiger partial charge in [-0.05, 0) is 249 Å². The fourth-order valence-corrected chi connectivity index (χ4v) is 16.8. The van der Waals surface area contributed by atoms with Crippen molar-refractivity contribution in [1.82, 2.24) is 39.5 Å². The summed E-state index contributed by atoms with van der Waals surface area (Å²) in [5, 5.41) is 35.1. The van der Waals surface area contributed by atoms with E-state index >= 15 is 0 Å². The lowest BCUT2D eigenvalue weighted by molar-refractivity contribution is 0.0800. The van der Waals surface area contributed by atoms with Gasteiger partial charge >= 0.3 is 18.3 Å². The average molecular weight is 1670 g/mol. The molecule has 17 rings (SSSR count). The van der Waals surface area contributed by atoms with Gasteiger partial charge in [0.05, 0.1) is 25.4 Å². The Hall–Kier alpha value is -10.1. The molecular weight excluding hydrogens is 1580 g/mol. The summed E-state index contributed by atoms with van der Waals surface area (Å²) in [6.45, 7) is 8.08. The van der Waals surface area contributed by atoms with Crippen LogP contribution in [0.2, 0.25) is 30.1 Å². The fourth-order valence-electron chi connectivity index (χ4n) is 15.9. The van der Waals surface area contributed by atoms with Crippen molar-refractivity contribution in [2.45, 2.75) is 81.7 Å². The van der Waals surface area contributed by atoms with Crippen molar-refractivity contribution < 1.29 is 53.0 Å². The highest BCUT2D eigenvalue weighted by Crippen LogP contribution is 2.44. The lowest BCUT2D eigenvalue weighted by Crippen LogP contribution is -2.42. The van der Waals surface area contributed by atoms with Gasteiger partial charge in [0.1, 0.15) is 58.7 Å². The minimum absolute atomic E-state index is 0.0325. The zero-order valence-corrected chi connectivity index (χ0v) is 67.1. The quantitative estimate of drug-likeness (QED) is 0.0503. The molecule has 2 fully saturated rings. The number of amides is 3. The maximum atomic E-state index is 13.5. The summed E-state index contributed by atoms with van der Waals surface area (Å²) in [5.74, 6) is 3.45. The Morgan fingerprint density at radius 3 is 1.02 bits per heavy atom. The highest BCUT2D eigenvalue weighted by Gasteiger charge is 2.40. The number of hydrogen-bond acceptors (Lipinski definition) is 14. The van der Waals surface area contributed by atoms with Gasteiger partial charge in [-0.3, -0.25) is 14.7 Å². The number of ether oxygens (including phenoxy) is 6. The average Bonchev–Trinajstić information content (AvgIpc) is 1.59. The molecule has 12 aromatic rings. The number of β-amino-alcohol motifs (C(OH)–C–C–N with tert-alkyl or cyclic N) is 1. The zero-order chi connectivity index (χ0) is 79.6. The first kappa shape index (κ1) is 80.1. The smallest absolute Gasteiger partial charge is 0.416 e. The summed E-state index contributed by atoms with van der Waals surface area (Å²) < 4.78 is 34.6. The molecule has 592 valence electrons. The molecule has 2 saturated heterocycles. The molecule has 3 aromatic heterocycles. The Morgan fingerprint density at radius 1 is 0.383 bits per heavy atom. The fraction of sp³-hybridized carbons (Fsp3) is 0.281. The Bertz CT molecular complexity index is 5450. The number of aliphatic hydroxyl groups excluding tert-OH is 2. The van der Waals surface area contributed by atoms with E-state index in [0.717, 1.165) is 166 Å². The number of halogens is 6. The number of hydrogen-bond donors (Lipinski definition) is 5. The molecule has 20 nitrogen and oxygen atoms in total. The van der Waals surface area contributed by atoms with E-state index in [9.17, 15) is 24.6 Å². The molecule has 3 amide bonds. The number of nitrogens with zero attached hydrogens (tertiary/aromatic N) is 6. The number of H-pyrrole nitrogens is 3. The number of nitriles is 1. The number of benzene rings is 9. The van der Waals surface area contributed by atoms with Crippen LogP contribution in [0.5, 0.6) is 34.5 Å². The number of likely N-dealkylation sites (tertiary alicyclic amines) is 2. The molecule has 0 spiro atoms. The molecule has 4 atom stereocenters. The van der Waals surface area contributed by atoms with Crippen molar-refractivity contribution in [2.24, 2.45) is 0 Å². The molecule has 115 heavy (non-hydrogen) atoms. The van der Waals surface area contributed by atoms with Crippen LogP contribution in [0.15, 0.2) is 200 Å². The SMILES string of the molecule is N#CCOc1ccc(C2c3[nH]c4ccc(Cl)cc4c3CCN2C(=O)Oc2ccc(Cl)cc2)cc1.O=C(Oc1ccc(Cl)cc1)N1CCc2c([nH]c3ccc(Cl)cc23)C1c1ccc(OCCCN2CCC(O)CC2)cc1.O=C(Oc1ccc(Cl)cc1)N1CCc2c([nH]c3ccc(Cl)cc23)C1c1ccc(OCCCN2CC[C@@H](O)C2)cc1. The Kier molecular flexibility index (Phi) is 25.6. The van der Waals surface area contributed by atoms with E-state index in [1.807, 2.05) is 121 Å². The van der Waals surface area contributed by atoms with Crippen LogP contribution in [0.25, 0.3) is 32.7 Å². The molecule has 5 aliphatic heterocycles. The normalized spacial score (nSPS) is 17.5. The molecule has 9 aromatic carbocycles. The molecule has 0 bridgehead atoms. The van der Waals surface area contributed by atoms with Gasteiger partial charge in [0.15, 0.2) is 6.61 Å². The van der Waals surface area contributed by atoms with E-state index in [2.05, 4.69) is 24.8 Å². The molecule has 0 aliphatic carbocycles. The molecular formula is C89H83Cl6N9O11. The highest BCUT2D eigenvalue weighted by molar-refractivity contribution is 6.32. The number of fused-ring (bicyclic) bond motifs is 9. The third-order valence-electron chi connectivity index (χ3n) is 21.5.